The molecule has 9 heteroatoms. The molecule has 1 saturated carbocycles. The van der Waals surface area contributed by atoms with Gasteiger partial charge in [-0.05, 0) is 55.2 Å². The number of H-pyrrole nitrogens is 1. The van der Waals surface area contributed by atoms with Crippen molar-refractivity contribution in [2.45, 2.75) is 24.9 Å². The number of aromatic amines is 1. The van der Waals surface area contributed by atoms with Crippen LogP contribution in [0.15, 0.2) is 48.8 Å². The van der Waals surface area contributed by atoms with E-state index in [1.165, 1.54) is 24.3 Å². The highest BCUT2D eigenvalue weighted by Crippen LogP contribution is 2.37. The quantitative estimate of drug-likeness (QED) is 0.617. The van der Waals surface area contributed by atoms with Crippen molar-refractivity contribution in [3.8, 4) is 28.9 Å². The lowest BCUT2D eigenvalue weighted by Crippen LogP contribution is -2.48. The van der Waals surface area contributed by atoms with E-state index < -0.39 is 0 Å². The number of aromatic nitrogens is 3. The molecule has 31 heavy (non-hydrogen) atoms. The molecule has 3 aromatic rings. The number of hydrogen-bond donors (Lipinski definition) is 2. The third-order valence-corrected chi connectivity index (χ3v) is 5.85. The molecule has 2 fully saturated rings. The van der Waals surface area contributed by atoms with Crippen LogP contribution in [0, 0.1) is 23.2 Å². The van der Waals surface area contributed by atoms with Gasteiger partial charge in [0.1, 0.15) is 17.3 Å². The smallest absolute Gasteiger partial charge is 0.272 e. The molecule has 3 atom stereocenters. The molecule has 3 heterocycles. The highest BCUT2D eigenvalue weighted by molar-refractivity contribution is 5.93. The maximum absolute atomic E-state index is 13.1. The van der Waals surface area contributed by atoms with Crippen molar-refractivity contribution in [2.24, 2.45) is 5.92 Å². The molecular formula is C22H19FN6O2. The van der Waals surface area contributed by atoms with E-state index in [0.717, 1.165) is 19.4 Å². The van der Waals surface area contributed by atoms with Crippen molar-refractivity contribution < 1.29 is 13.9 Å². The summed E-state index contributed by atoms with van der Waals surface area (Å²) in [6, 6.07) is 9.03. The van der Waals surface area contributed by atoms with Crippen LogP contribution in [-0.2, 0) is 0 Å². The average molecular weight is 418 g/mol. The van der Waals surface area contributed by atoms with E-state index in [9.17, 15) is 14.4 Å². The number of fused-ring (bicyclic) bond motifs is 2. The van der Waals surface area contributed by atoms with E-state index in [4.69, 9.17) is 4.74 Å². The molecule has 2 aliphatic rings. The van der Waals surface area contributed by atoms with Crippen molar-refractivity contribution in [1.29, 1.82) is 5.26 Å². The monoisotopic (exact) mass is 418 g/mol. The highest BCUT2D eigenvalue weighted by atomic mass is 19.1. The summed E-state index contributed by atoms with van der Waals surface area (Å²) >= 11 is 0. The first kappa shape index (κ1) is 19.1. The normalized spacial score (nSPS) is 21.7. The van der Waals surface area contributed by atoms with Gasteiger partial charge in [0.15, 0.2) is 11.9 Å². The van der Waals surface area contributed by atoms with Gasteiger partial charge in [-0.15, -0.1) is 0 Å². The Morgan fingerprint density at radius 1 is 1.29 bits per heavy atom. The molecule has 0 spiro atoms. The summed E-state index contributed by atoms with van der Waals surface area (Å²) in [4.78, 5) is 18.6. The summed E-state index contributed by atoms with van der Waals surface area (Å²) in [6.45, 7) is 0.776. The van der Waals surface area contributed by atoms with E-state index in [1.54, 1.807) is 29.4 Å². The zero-order valence-corrected chi connectivity index (χ0v) is 16.5. The van der Waals surface area contributed by atoms with Crippen LogP contribution < -0.4 is 10.1 Å². The van der Waals surface area contributed by atoms with Crippen LogP contribution in [0.4, 0.5) is 4.39 Å². The van der Waals surface area contributed by atoms with Gasteiger partial charge in [-0.2, -0.15) is 10.4 Å². The lowest BCUT2D eigenvalue weighted by Gasteiger charge is -2.29. The fourth-order valence-corrected chi connectivity index (χ4v) is 4.42. The van der Waals surface area contributed by atoms with E-state index in [-0.39, 0.29) is 29.5 Å². The van der Waals surface area contributed by atoms with Crippen LogP contribution in [0.2, 0.25) is 0 Å². The molecule has 1 aliphatic heterocycles. The first-order chi connectivity index (χ1) is 15.1. The Balaban J connectivity index is 1.32. The van der Waals surface area contributed by atoms with Crippen LogP contribution in [0.3, 0.4) is 0 Å². The molecule has 1 saturated heterocycles. The minimum absolute atomic E-state index is 0.0539. The predicted molar refractivity (Wildman–Crippen MR) is 108 cm³/mol. The number of nitriles is 1. The Kier molecular flexibility index (Phi) is 4.75. The number of nitrogens with one attached hydrogen (secondary N) is 2. The lowest BCUT2D eigenvalue weighted by atomic mass is 10.1. The minimum Gasteiger partial charge on any atom is -0.457 e. The Labute approximate surface area is 177 Å². The standard InChI is InChI=1S/C22H19FN6O2/c23-14-1-3-15(4-2-14)31-21-5-6-25-10-16(21)17-9-19(28-27-17)22(30)26-18-7-13-8-20(18)29(11-13)12-24/h1-6,9-10,13,18,20H,7-8,11H2,(H,26,30)(H,27,28). The first-order valence-electron chi connectivity index (χ1n) is 10.0. The van der Waals surface area contributed by atoms with Crippen LogP contribution in [-0.4, -0.2) is 44.6 Å². The molecule has 2 bridgehead atoms. The van der Waals surface area contributed by atoms with Crippen molar-refractivity contribution in [3.63, 3.8) is 0 Å². The molecular weight excluding hydrogens is 399 g/mol. The van der Waals surface area contributed by atoms with E-state index in [2.05, 4.69) is 26.7 Å². The second-order valence-corrected chi connectivity index (χ2v) is 7.83. The van der Waals surface area contributed by atoms with Crippen LogP contribution in [0.5, 0.6) is 11.5 Å². The Hall–Kier alpha value is -3.93. The number of rotatable bonds is 5. The maximum atomic E-state index is 13.1. The van der Waals surface area contributed by atoms with Crippen molar-refractivity contribution in [1.82, 2.24) is 25.4 Å². The second-order valence-electron chi connectivity index (χ2n) is 7.83. The predicted octanol–water partition coefficient (Wildman–Crippen LogP) is 3.08. The number of likely N-dealkylation sites (tertiary alicyclic amines) is 1. The molecule has 156 valence electrons. The molecule has 8 nitrogen and oxygen atoms in total. The number of carbonyl (C=O) groups is 1. The fraction of sp³-hybridized carbons (Fsp3) is 0.273. The van der Waals surface area contributed by atoms with Gasteiger partial charge in [0.25, 0.3) is 5.91 Å². The number of amides is 1. The number of piperidine rings is 1. The van der Waals surface area contributed by atoms with Crippen molar-refractivity contribution in [2.75, 3.05) is 6.54 Å². The van der Waals surface area contributed by atoms with Gasteiger partial charge in [-0.1, -0.05) is 0 Å². The SMILES string of the molecule is N#CN1CC2CC(NC(=O)c3cc(-c4cnccc4Oc4ccc(F)cc4)[nH]n3)C1C2. The lowest BCUT2D eigenvalue weighted by molar-refractivity contribution is 0.0907. The highest BCUT2D eigenvalue weighted by Gasteiger charge is 2.45. The second kappa shape index (κ2) is 7.72. The summed E-state index contributed by atoms with van der Waals surface area (Å²) in [5, 5.41) is 19.3. The summed E-state index contributed by atoms with van der Waals surface area (Å²) in [6.07, 6.45) is 7.22. The molecule has 1 aromatic carbocycles. The van der Waals surface area contributed by atoms with Gasteiger partial charge < -0.3 is 15.0 Å². The number of pyridine rings is 1. The summed E-state index contributed by atoms with van der Waals surface area (Å²) in [5.74, 6) is 0.786. The van der Waals surface area contributed by atoms with Gasteiger partial charge in [-0.3, -0.25) is 14.9 Å². The first-order valence-corrected chi connectivity index (χ1v) is 10.0. The molecule has 1 aliphatic carbocycles. The van der Waals surface area contributed by atoms with Crippen molar-refractivity contribution in [3.05, 3.63) is 60.3 Å². The third-order valence-electron chi connectivity index (χ3n) is 5.85. The zero-order valence-electron chi connectivity index (χ0n) is 16.5. The Bertz CT molecular complexity index is 1160. The Morgan fingerprint density at radius 2 is 2.13 bits per heavy atom. The summed E-state index contributed by atoms with van der Waals surface area (Å²) in [7, 11) is 0. The number of hydrogen-bond acceptors (Lipinski definition) is 6. The average Bonchev–Trinajstić information content (AvgIpc) is 3.51. The number of carbonyl (C=O) groups excluding carboxylic acids is 1. The van der Waals surface area contributed by atoms with Crippen molar-refractivity contribution >= 4 is 5.91 Å². The Morgan fingerprint density at radius 3 is 2.90 bits per heavy atom. The number of halogens is 1. The summed E-state index contributed by atoms with van der Waals surface area (Å²) in [5.41, 5.74) is 1.44. The molecule has 0 radical (unpaired) electrons. The van der Waals surface area contributed by atoms with E-state index >= 15 is 0 Å². The van der Waals surface area contributed by atoms with Gasteiger partial charge >= 0.3 is 0 Å². The minimum atomic E-state index is -0.347. The summed E-state index contributed by atoms with van der Waals surface area (Å²) < 4.78 is 19.0. The number of ether oxygens (including phenoxy) is 1. The van der Waals surface area contributed by atoms with Gasteiger partial charge in [0.2, 0.25) is 0 Å². The van der Waals surface area contributed by atoms with Crippen LogP contribution >= 0.6 is 0 Å². The van der Waals surface area contributed by atoms with Gasteiger partial charge in [-0.25, -0.2) is 4.39 Å². The van der Waals surface area contributed by atoms with E-state index in [0.29, 0.717) is 28.7 Å². The maximum Gasteiger partial charge on any atom is 0.272 e. The topological polar surface area (TPSA) is 107 Å². The number of nitrogens with zero attached hydrogens (tertiary/aromatic N) is 4. The van der Waals surface area contributed by atoms with E-state index in [1.807, 2.05) is 0 Å². The van der Waals surface area contributed by atoms with Gasteiger partial charge in [0, 0.05) is 18.9 Å². The molecule has 3 unspecified atom stereocenters. The van der Waals surface area contributed by atoms with Crippen LogP contribution in [0.25, 0.3) is 11.3 Å². The fourth-order valence-electron chi connectivity index (χ4n) is 4.42. The largest absolute Gasteiger partial charge is 0.457 e. The molecule has 1 amide bonds. The van der Waals surface area contributed by atoms with Gasteiger partial charge in [0.05, 0.1) is 23.3 Å². The zero-order chi connectivity index (χ0) is 21.4. The molecule has 2 N–H and O–H groups in total. The van der Waals surface area contributed by atoms with Crippen LogP contribution in [0.1, 0.15) is 23.3 Å². The number of benzene rings is 1. The molecule has 5 rings (SSSR count). The third kappa shape index (κ3) is 3.68. The molecule has 2 aromatic heterocycles.